The molecule has 1 aliphatic rings. The number of halogens is 3. The van der Waals surface area contributed by atoms with Crippen molar-refractivity contribution in [1.29, 1.82) is 0 Å². The molecule has 0 radical (unpaired) electrons. The number of hydrogen-bond acceptors (Lipinski definition) is 4. The highest BCUT2D eigenvalue weighted by molar-refractivity contribution is 5.79. The molecule has 1 heterocycles. The van der Waals surface area contributed by atoms with Crippen LogP contribution in [0.2, 0.25) is 0 Å². The minimum absolute atomic E-state index is 0.00225. The molecule has 1 aromatic rings. The number of piperidine rings is 1. The van der Waals surface area contributed by atoms with Gasteiger partial charge < -0.3 is 15.0 Å². The Balaban J connectivity index is 1.66. The van der Waals surface area contributed by atoms with Crippen LogP contribution in [0.5, 0.6) is 5.75 Å². The van der Waals surface area contributed by atoms with Crippen LogP contribution in [0, 0.1) is 5.92 Å². The fourth-order valence-electron chi connectivity index (χ4n) is 3.26. The van der Waals surface area contributed by atoms with E-state index in [0.717, 1.165) is 25.0 Å². The Labute approximate surface area is 175 Å². The lowest BCUT2D eigenvalue weighted by Gasteiger charge is -2.33. The second-order valence-corrected chi connectivity index (χ2v) is 7.82. The van der Waals surface area contributed by atoms with Crippen molar-refractivity contribution >= 4 is 11.8 Å². The summed E-state index contributed by atoms with van der Waals surface area (Å²) in [6, 6.07) is 4.80. The fraction of sp³-hybridized carbons (Fsp3) is 0.619. The number of alkyl halides is 3. The van der Waals surface area contributed by atoms with E-state index in [1.165, 1.54) is 12.1 Å². The van der Waals surface area contributed by atoms with E-state index < -0.39 is 11.7 Å². The highest BCUT2D eigenvalue weighted by Gasteiger charge is 2.31. The zero-order chi connectivity index (χ0) is 22.3. The molecule has 0 spiro atoms. The molecule has 1 aromatic carbocycles. The first kappa shape index (κ1) is 24.0. The average molecular weight is 429 g/mol. The number of benzene rings is 1. The lowest BCUT2D eigenvalue weighted by molar-refractivity contribution is -0.138. The molecule has 0 aliphatic carbocycles. The van der Waals surface area contributed by atoms with Gasteiger partial charge in [-0.2, -0.15) is 13.2 Å². The normalized spacial score (nSPS) is 15.8. The molecule has 0 bridgehead atoms. The van der Waals surface area contributed by atoms with E-state index in [2.05, 4.69) is 5.32 Å². The topological polar surface area (TPSA) is 61.9 Å². The highest BCUT2D eigenvalue weighted by Crippen LogP contribution is 2.31. The van der Waals surface area contributed by atoms with Crippen molar-refractivity contribution in [3.63, 3.8) is 0 Å². The molecule has 1 N–H and O–H groups in total. The summed E-state index contributed by atoms with van der Waals surface area (Å²) in [7, 11) is 1.81. The zero-order valence-corrected chi connectivity index (χ0v) is 17.7. The van der Waals surface area contributed by atoms with E-state index in [4.69, 9.17) is 4.74 Å². The highest BCUT2D eigenvalue weighted by atomic mass is 19.4. The van der Waals surface area contributed by atoms with Gasteiger partial charge in [-0.25, -0.2) is 0 Å². The number of rotatable bonds is 8. The molecule has 9 heteroatoms. The van der Waals surface area contributed by atoms with Gasteiger partial charge in [-0.3, -0.25) is 14.5 Å². The van der Waals surface area contributed by atoms with Crippen molar-refractivity contribution in [1.82, 2.24) is 15.1 Å². The summed E-state index contributed by atoms with van der Waals surface area (Å²) in [6.45, 7) is 5.81. The van der Waals surface area contributed by atoms with Gasteiger partial charge in [0.25, 0.3) is 0 Å². The first-order valence-electron chi connectivity index (χ1n) is 10.1. The number of carbonyl (C=O) groups is 2. The van der Waals surface area contributed by atoms with Crippen molar-refractivity contribution in [2.24, 2.45) is 5.92 Å². The van der Waals surface area contributed by atoms with Crippen molar-refractivity contribution in [3.05, 3.63) is 29.8 Å². The largest absolute Gasteiger partial charge is 0.492 e. The molecule has 0 atom stereocenters. The molecule has 2 amide bonds. The Morgan fingerprint density at radius 2 is 1.93 bits per heavy atom. The maximum Gasteiger partial charge on any atom is 0.416 e. The summed E-state index contributed by atoms with van der Waals surface area (Å²) in [5.41, 5.74) is -0.773. The van der Waals surface area contributed by atoms with Crippen LogP contribution in [0.15, 0.2) is 24.3 Å². The Bertz CT molecular complexity index is 717. The maximum atomic E-state index is 12.7. The summed E-state index contributed by atoms with van der Waals surface area (Å²) in [6.07, 6.45) is -2.97. The molecule has 0 aromatic heterocycles. The molecule has 168 valence electrons. The van der Waals surface area contributed by atoms with Gasteiger partial charge in [-0.05, 0) is 58.0 Å². The van der Waals surface area contributed by atoms with E-state index in [1.54, 1.807) is 4.90 Å². The molecular formula is C21H30F3N3O3. The van der Waals surface area contributed by atoms with Gasteiger partial charge in [0, 0.05) is 19.0 Å². The number of amides is 2. The van der Waals surface area contributed by atoms with E-state index in [1.807, 2.05) is 25.8 Å². The number of nitrogens with zero attached hydrogens (tertiary/aromatic N) is 2. The van der Waals surface area contributed by atoms with Gasteiger partial charge >= 0.3 is 6.18 Å². The van der Waals surface area contributed by atoms with Crippen LogP contribution in [0.25, 0.3) is 0 Å². The first-order valence-corrected chi connectivity index (χ1v) is 10.1. The van der Waals surface area contributed by atoms with Gasteiger partial charge in [0.1, 0.15) is 12.4 Å². The lowest BCUT2D eigenvalue weighted by atomic mass is 9.95. The van der Waals surface area contributed by atoms with Crippen LogP contribution in [0.4, 0.5) is 13.2 Å². The van der Waals surface area contributed by atoms with Crippen molar-refractivity contribution in [2.45, 2.75) is 38.9 Å². The van der Waals surface area contributed by atoms with Gasteiger partial charge in [-0.15, -0.1) is 0 Å². The van der Waals surface area contributed by atoms with Crippen molar-refractivity contribution < 1.29 is 27.5 Å². The van der Waals surface area contributed by atoms with Crippen LogP contribution in [0.3, 0.4) is 0 Å². The van der Waals surface area contributed by atoms with E-state index >= 15 is 0 Å². The van der Waals surface area contributed by atoms with Gasteiger partial charge in [0.2, 0.25) is 11.8 Å². The van der Waals surface area contributed by atoms with Crippen LogP contribution in [-0.4, -0.2) is 67.5 Å². The molecule has 2 rings (SSSR count). The van der Waals surface area contributed by atoms with E-state index in [0.29, 0.717) is 13.1 Å². The minimum atomic E-state index is -4.42. The fourth-order valence-corrected chi connectivity index (χ4v) is 3.26. The Hall–Kier alpha value is -2.29. The van der Waals surface area contributed by atoms with E-state index in [-0.39, 0.29) is 49.2 Å². The summed E-state index contributed by atoms with van der Waals surface area (Å²) >= 11 is 0. The standard InChI is InChI=1S/C21H30F3N3O3/c1-15(2)26(3)20(29)16-7-10-27(11-8-16)14-19(28)25-9-12-30-18-6-4-5-17(13-18)21(22,23)24/h4-6,13,15-16H,7-12,14H2,1-3H3,(H,25,28). The Morgan fingerprint density at radius 3 is 2.53 bits per heavy atom. The quantitative estimate of drug-likeness (QED) is 0.646. The molecule has 6 nitrogen and oxygen atoms in total. The molecule has 30 heavy (non-hydrogen) atoms. The van der Waals surface area contributed by atoms with Crippen LogP contribution in [-0.2, 0) is 15.8 Å². The maximum absolute atomic E-state index is 12.7. The number of hydrogen-bond donors (Lipinski definition) is 1. The predicted octanol–water partition coefficient (Wildman–Crippen LogP) is 2.78. The van der Waals surface area contributed by atoms with Gasteiger partial charge in [-0.1, -0.05) is 6.07 Å². The molecule has 1 aliphatic heterocycles. The summed E-state index contributed by atoms with van der Waals surface area (Å²) in [5, 5.41) is 2.71. The number of carbonyl (C=O) groups excluding carboxylic acids is 2. The SMILES string of the molecule is CC(C)N(C)C(=O)C1CCN(CC(=O)NCCOc2cccc(C(F)(F)F)c2)CC1. The van der Waals surface area contributed by atoms with Crippen molar-refractivity contribution in [2.75, 3.05) is 39.8 Å². The van der Waals surface area contributed by atoms with Crippen molar-refractivity contribution in [3.8, 4) is 5.75 Å². The van der Waals surface area contributed by atoms with Gasteiger partial charge in [0.05, 0.1) is 18.7 Å². The molecule has 1 saturated heterocycles. The molecule has 1 fully saturated rings. The Morgan fingerprint density at radius 1 is 1.27 bits per heavy atom. The monoisotopic (exact) mass is 429 g/mol. The minimum Gasteiger partial charge on any atom is -0.492 e. The smallest absolute Gasteiger partial charge is 0.416 e. The first-order chi connectivity index (χ1) is 14.1. The van der Waals surface area contributed by atoms with Crippen LogP contribution < -0.4 is 10.1 Å². The average Bonchev–Trinajstić information content (AvgIpc) is 2.70. The lowest BCUT2D eigenvalue weighted by Crippen LogP contribution is -2.46. The summed E-state index contributed by atoms with van der Waals surface area (Å²) < 4.78 is 43.4. The molecule has 0 saturated carbocycles. The number of ether oxygens (including phenoxy) is 1. The summed E-state index contributed by atoms with van der Waals surface area (Å²) in [5.74, 6) is 0.0855. The second kappa shape index (κ2) is 10.7. The summed E-state index contributed by atoms with van der Waals surface area (Å²) in [4.78, 5) is 28.2. The zero-order valence-electron chi connectivity index (χ0n) is 17.7. The van der Waals surface area contributed by atoms with Crippen LogP contribution >= 0.6 is 0 Å². The third-order valence-electron chi connectivity index (χ3n) is 5.28. The van der Waals surface area contributed by atoms with E-state index in [9.17, 15) is 22.8 Å². The predicted molar refractivity (Wildman–Crippen MR) is 107 cm³/mol. The third-order valence-corrected chi connectivity index (χ3v) is 5.28. The molecular weight excluding hydrogens is 399 g/mol. The molecule has 0 unspecified atom stereocenters. The number of nitrogens with one attached hydrogen (secondary N) is 1. The second-order valence-electron chi connectivity index (χ2n) is 7.82. The Kier molecular flexibility index (Phi) is 8.52. The van der Waals surface area contributed by atoms with Gasteiger partial charge in [0.15, 0.2) is 0 Å². The number of likely N-dealkylation sites (tertiary alicyclic amines) is 1. The third kappa shape index (κ3) is 7.19. The van der Waals surface area contributed by atoms with Crippen LogP contribution in [0.1, 0.15) is 32.3 Å².